The van der Waals surface area contributed by atoms with Gasteiger partial charge in [0.2, 0.25) is 0 Å². The van der Waals surface area contributed by atoms with Crippen molar-refractivity contribution >= 4 is 22.3 Å². The first-order valence-corrected chi connectivity index (χ1v) is 7.13. The SMILES string of the molecule is CC(C)(C)OC(=O)c1c(-c2cc(F)ccc2F)csc1N. The second kappa shape index (κ2) is 5.44. The average Bonchev–Trinajstić information content (AvgIpc) is 2.72. The summed E-state index contributed by atoms with van der Waals surface area (Å²) in [6.45, 7) is 5.15. The Balaban J connectivity index is 2.52. The van der Waals surface area contributed by atoms with Crippen molar-refractivity contribution in [3.8, 4) is 11.1 Å². The van der Waals surface area contributed by atoms with E-state index in [1.165, 1.54) is 5.38 Å². The van der Waals surface area contributed by atoms with Crippen LogP contribution in [0.3, 0.4) is 0 Å². The number of thiophene rings is 1. The van der Waals surface area contributed by atoms with Crippen LogP contribution in [0.15, 0.2) is 23.6 Å². The summed E-state index contributed by atoms with van der Waals surface area (Å²) in [7, 11) is 0. The molecule has 21 heavy (non-hydrogen) atoms. The second-order valence-corrected chi connectivity index (χ2v) is 6.43. The monoisotopic (exact) mass is 311 g/mol. The van der Waals surface area contributed by atoms with E-state index in [0.29, 0.717) is 0 Å². The molecule has 112 valence electrons. The Hall–Kier alpha value is -1.95. The molecule has 0 aliphatic rings. The van der Waals surface area contributed by atoms with E-state index >= 15 is 0 Å². The number of ether oxygens (including phenoxy) is 1. The molecule has 0 fully saturated rings. The molecule has 1 aromatic carbocycles. The lowest BCUT2D eigenvalue weighted by Crippen LogP contribution is -2.24. The van der Waals surface area contributed by atoms with Gasteiger partial charge < -0.3 is 10.5 Å². The minimum Gasteiger partial charge on any atom is -0.456 e. The van der Waals surface area contributed by atoms with E-state index in [-0.39, 0.29) is 21.7 Å². The predicted molar refractivity (Wildman–Crippen MR) is 79.3 cm³/mol. The Labute approximate surface area is 125 Å². The van der Waals surface area contributed by atoms with Crippen molar-refractivity contribution in [2.45, 2.75) is 26.4 Å². The summed E-state index contributed by atoms with van der Waals surface area (Å²) >= 11 is 1.08. The molecule has 1 aromatic heterocycles. The summed E-state index contributed by atoms with van der Waals surface area (Å²) in [6, 6.07) is 3.06. The van der Waals surface area contributed by atoms with Gasteiger partial charge >= 0.3 is 5.97 Å². The Kier molecular flexibility index (Phi) is 4.00. The summed E-state index contributed by atoms with van der Waals surface area (Å²) in [4.78, 5) is 12.2. The van der Waals surface area contributed by atoms with E-state index in [1.807, 2.05) is 0 Å². The molecule has 2 N–H and O–H groups in total. The van der Waals surface area contributed by atoms with E-state index in [4.69, 9.17) is 10.5 Å². The van der Waals surface area contributed by atoms with Crippen molar-refractivity contribution in [1.82, 2.24) is 0 Å². The molecule has 6 heteroatoms. The van der Waals surface area contributed by atoms with Gasteiger partial charge in [-0.1, -0.05) is 0 Å². The Bertz CT molecular complexity index is 689. The van der Waals surface area contributed by atoms with Crippen LogP contribution in [0.4, 0.5) is 13.8 Å². The maximum atomic E-state index is 13.9. The van der Waals surface area contributed by atoms with Crippen molar-refractivity contribution < 1.29 is 18.3 Å². The van der Waals surface area contributed by atoms with Gasteiger partial charge in [-0.3, -0.25) is 0 Å². The molecule has 0 bridgehead atoms. The summed E-state index contributed by atoms with van der Waals surface area (Å²) in [5.41, 5.74) is 5.38. The summed E-state index contributed by atoms with van der Waals surface area (Å²) in [6.07, 6.45) is 0. The van der Waals surface area contributed by atoms with Crippen LogP contribution in [0, 0.1) is 11.6 Å². The molecule has 0 radical (unpaired) electrons. The molecule has 0 atom stereocenters. The number of carbonyl (C=O) groups excluding carboxylic acids is 1. The third-order valence-corrected chi connectivity index (χ3v) is 3.45. The molecule has 0 aliphatic carbocycles. The van der Waals surface area contributed by atoms with Crippen molar-refractivity contribution in [2.75, 3.05) is 5.73 Å². The van der Waals surface area contributed by atoms with Gasteiger partial charge in [0.05, 0.1) is 0 Å². The first kappa shape index (κ1) is 15.4. The highest BCUT2D eigenvalue weighted by Gasteiger charge is 2.25. The van der Waals surface area contributed by atoms with Crippen LogP contribution in [0.5, 0.6) is 0 Å². The van der Waals surface area contributed by atoms with Crippen LogP contribution in [0.1, 0.15) is 31.1 Å². The second-order valence-electron chi connectivity index (χ2n) is 5.51. The van der Waals surface area contributed by atoms with Crippen LogP contribution in [-0.4, -0.2) is 11.6 Å². The molecule has 0 aliphatic heterocycles. The number of hydrogen-bond acceptors (Lipinski definition) is 4. The number of nitrogen functional groups attached to an aromatic ring is 1. The molecule has 3 nitrogen and oxygen atoms in total. The van der Waals surface area contributed by atoms with E-state index < -0.39 is 23.2 Å². The fourth-order valence-electron chi connectivity index (χ4n) is 1.81. The van der Waals surface area contributed by atoms with E-state index in [2.05, 4.69) is 0 Å². The Morgan fingerprint density at radius 1 is 1.24 bits per heavy atom. The number of benzene rings is 1. The third kappa shape index (κ3) is 3.39. The molecule has 0 saturated carbocycles. The average molecular weight is 311 g/mol. The van der Waals surface area contributed by atoms with Gasteiger partial charge in [-0.15, -0.1) is 11.3 Å². The highest BCUT2D eigenvalue weighted by atomic mass is 32.1. The zero-order valence-corrected chi connectivity index (χ0v) is 12.7. The fourth-order valence-corrected chi connectivity index (χ4v) is 2.62. The third-order valence-electron chi connectivity index (χ3n) is 2.64. The molecule has 2 aromatic rings. The van der Waals surface area contributed by atoms with Gasteiger partial charge in [-0.2, -0.15) is 0 Å². The van der Waals surface area contributed by atoms with Crippen LogP contribution >= 0.6 is 11.3 Å². The van der Waals surface area contributed by atoms with Gasteiger partial charge in [0, 0.05) is 16.5 Å². The molecule has 0 unspecified atom stereocenters. The highest BCUT2D eigenvalue weighted by molar-refractivity contribution is 7.14. The molecule has 2 rings (SSSR count). The maximum absolute atomic E-state index is 13.9. The van der Waals surface area contributed by atoms with Crippen LogP contribution in [-0.2, 0) is 4.74 Å². The van der Waals surface area contributed by atoms with Crippen molar-refractivity contribution in [3.05, 3.63) is 40.8 Å². The maximum Gasteiger partial charge on any atom is 0.342 e. The number of halogens is 2. The number of carbonyl (C=O) groups is 1. The molecule has 0 spiro atoms. The molecule has 1 heterocycles. The predicted octanol–water partition coefficient (Wildman–Crippen LogP) is 4.23. The number of esters is 1. The number of hydrogen-bond donors (Lipinski definition) is 1. The number of rotatable bonds is 2. The van der Waals surface area contributed by atoms with Crippen molar-refractivity contribution in [3.63, 3.8) is 0 Å². The summed E-state index contributed by atoms with van der Waals surface area (Å²) in [5.74, 6) is -1.87. The standard InChI is InChI=1S/C15H15F2NO2S/c1-15(2,3)20-14(19)12-10(7-21-13(12)18)9-6-8(16)4-5-11(9)17/h4-7H,18H2,1-3H3. The van der Waals surface area contributed by atoms with Gasteiger partial charge in [-0.25, -0.2) is 13.6 Å². The molecular weight excluding hydrogens is 296 g/mol. The number of nitrogens with two attached hydrogens (primary N) is 1. The molecular formula is C15H15F2NO2S. The van der Waals surface area contributed by atoms with Crippen molar-refractivity contribution in [1.29, 1.82) is 0 Å². The first-order chi connectivity index (χ1) is 9.69. The lowest BCUT2D eigenvalue weighted by atomic mass is 10.0. The van der Waals surface area contributed by atoms with Gasteiger partial charge in [-0.05, 0) is 39.0 Å². The van der Waals surface area contributed by atoms with Gasteiger partial charge in [0.25, 0.3) is 0 Å². The highest BCUT2D eigenvalue weighted by Crippen LogP contribution is 2.36. The van der Waals surface area contributed by atoms with Gasteiger partial charge in [0.15, 0.2) is 0 Å². The molecule has 0 amide bonds. The van der Waals surface area contributed by atoms with Crippen LogP contribution in [0.25, 0.3) is 11.1 Å². The Morgan fingerprint density at radius 2 is 1.90 bits per heavy atom. The first-order valence-electron chi connectivity index (χ1n) is 6.25. The van der Waals surface area contributed by atoms with E-state index in [9.17, 15) is 13.6 Å². The fraction of sp³-hybridized carbons (Fsp3) is 0.267. The van der Waals surface area contributed by atoms with Crippen LogP contribution < -0.4 is 5.73 Å². The number of anilines is 1. The van der Waals surface area contributed by atoms with Gasteiger partial charge in [0.1, 0.15) is 27.8 Å². The topological polar surface area (TPSA) is 52.3 Å². The zero-order valence-electron chi connectivity index (χ0n) is 11.9. The van der Waals surface area contributed by atoms with E-state index in [0.717, 1.165) is 29.5 Å². The van der Waals surface area contributed by atoms with Crippen LogP contribution in [0.2, 0.25) is 0 Å². The normalized spacial score (nSPS) is 11.5. The summed E-state index contributed by atoms with van der Waals surface area (Å²) < 4.78 is 32.5. The van der Waals surface area contributed by atoms with E-state index in [1.54, 1.807) is 20.8 Å². The quantitative estimate of drug-likeness (QED) is 0.844. The zero-order chi connectivity index (χ0) is 15.8. The van der Waals surface area contributed by atoms with Crippen molar-refractivity contribution in [2.24, 2.45) is 0 Å². The minimum atomic E-state index is -0.705. The smallest absolute Gasteiger partial charge is 0.342 e. The minimum absolute atomic E-state index is 0.0104. The molecule has 0 saturated heterocycles. The lowest BCUT2D eigenvalue weighted by Gasteiger charge is -2.20. The Morgan fingerprint density at radius 3 is 2.52 bits per heavy atom. The summed E-state index contributed by atoms with van der Waals surface area (Å²) in [5, 5.41) is 1.73. The largest absolute Gasteiger partial charge is 0.456 e. The lowest BCUT2D eigenvalue weighted by molar-refractivity contribution is 0.00722.